The predicted octanol–water partition coefficient (Wildman–Crippen LogP) is 2.71. The summed E-state index contributed by atoms with van der Waals surface area (Å²) in [5, 5.41) is 24.2. The molecule has 3 aliphatic rings. The third-order valence-corrected chi connectivity index (χ3v) is 8.54. The van der Waals surface area contributed by atoms with Crippen LogP contribution in [0.1, 0.15) is 27.6 Å². The SMILES string of the molecule is CCOc1cc(C(=O)N2CC3[C@H]4CN(C(=O)c5ccc6n[nH]nc6c5)C[C@H]4C3(O)C2)cc2ccccc12. The monoisotopic (exact) mass is 497 g/mol. The van der Waals surface area contributed by atoms with Gasteiger partial charge in [0, 0.05) is 48.0 Å². The van der Waals surface area contributed by atoms with Crippen LogP contribution < -0.4 is 4.74 Å². The van der Waals surface area contributed by atoms with E-state index in [0.717, 1.165) is 10.8 Å². The van der Waals surface area contributed by atoms with Crippen LogP contribution in [-0.4, -0.2) is 80.5 Å². The van der Waals surface area contributed by atoms with Gasteiger partial charge in [-0.1, -0.05) is 24.3 Å². The van der Waals surface area contributed by atoms with Crippen LogP contribution in [0.5, 0.6) is 5.75 Å². The number of amides is 2. The van der Waals surface area contributed by atoms with Gasteiger partial charge in [0.2, 0.25) is 0 Å². The standard InChI is InChI=1S/C28H27N5O4/c1-2-37-25-11-18(9-16-5-3-4-6-19(16)25)27(35)33-14-22-20-12-32(13-21(20)28(22,36)15-33)26(34)17-7-8-23-24(10-17)30-31-29-23/h3-11,20-22,36H,2,12-15H2,1H3,(H,29,30,31)/t20-,21+,22?,28?/m0/s1. The Hall–Kier alpha value is -3.98. The smallest absolute Gasteiger partial charge is 0.254 e. The van der Waals surface area contributed by atoms with Gasteiger partial charge in [-0.05, 0) is 48.6 Å². The largest absolute Gasteiger partial charge is 0.493 e. The Morgan fingerprint density at radius 2 is 1.73 bits per heavy atom. The molecule has 1 saturated carbocycles. The molecule has 188 valence electrons. The Morgan fingerprint density at radius 3 is 2.57 bits per heavy atom. The van der Waals surface area contributed by atoms with E-state index in [1.165, 1.54) is 0 Å². The number of aromatic amines is 1. The van der Waals surface area contributed by atoms with Crippen LogP contribution in [0.25, 0.3) is 21.8 Å². The number of nitrogens with one attached hydrogen (secondary N) is 1. The van der Waals surface area contributed by atoms with E-state index in [9.17, 15) is 14.7 Å². The van der Waals surface area contributed by atoms with Crippen molar-refractivity contribution in [2.45, 2.75) is 12.5 Å². The van der Waals surface area contributed by atoms with E-state index >= 15 is 0 Å². The molecule has 2 saturated heterocycles. The average molecular weight is 498 g/mol. The number of ether oxygens (including phenoxy) is 1. The number of aromatic nitrogens is 3. The summed E-state index contributed by atoms with van der Waals surface area (Å²) in [5.74, 6) is 0.641. The van der Waals surface area contributed by atoms with Gasteiger partial charge in [-0.15, -0.1) is 0 Å². The van der Waals surface area contributed by atoms with E-state index in [2.05, 4.69) is 15.4 Å². The first-order valence-electron chi connectivity index (χ1n) is 12.7. The van der Waals surface area contributed by atoms with Crippen molar-refractivity contribution < 1.29 is 19.4 Å². The van der Waals surface area contributed by atoms with Crippen molar-refractivity contribution in [2.24, 2.45) is 17.8 Å². The number of benzene rings is 3. The van der Waals surface area contributed by atoms with Gasteiger partial charge in [0.05, 0.1) is 18.8 Å². The molecule has 2 aliphatic heterocycles. The van der Waals surface area contributed by atoms with Crippen LogP contribution in [-0.2, 0) is 0 Å². The van der Waals surface area contributed by atoms with Gasteiger partial charge in [-0.2, -0.15) is 15.4 Å². The van der Waals surface area contributed by atoms with E-state index in [0.29, 0.717) is 54.2 Å². The van der Waals surface area contributed by atoms with Crippen molar-refractivity contribution in [3.8, 4) is 5.75 Å². The van der Waals surface area contributed by atoms with Gasteiger partial charge in [-0.3, -0.25) is 9.59 Å². The number of nitrogens with zero attached hydrogens (tertiary/aromatic N) is 4. The van der Waals surface area contributed by atoms with Crippen molar-refractivity contribution in [3.63, 3.8) is 0 Å². The van der Waals surface area contributed by atoms with Crippen LogP contribution in [0.2, 0.25) is 0 Å². The number of carbonyl (C=O) groups excluding carboxylic acids is 2. The van der Waals surface area contributed by atoms with E-state index in [4.69, 9.17) is 4.74 Å². The molecule has 3 aromatic carbocycles. The van der Waals surface area contributed by atoms with Gasteiger partial charge < -0.3 is 19.6 Å². The van der Waals surface area contributed by atoms with E-state index in [1.807, 2.05) is 48.2 Å². The first-order valence-corrected chi connectivity index (χ1v) is 12.7. The summed E-state index contributed by atoms with van der Waals surface area (Å²) >= 11 is 0. The molecule has 9 nitrogen and oxygen atoms in total. The lowest BCUT2D eigenvalue weighted by Crippen LogP contribution is -2.61. The summed E-state index contributed by atoms with van der Waals surface area (Å²) < 4.78 is 5.83. The lowest BCUT2D eigenvalue weighted by molar-refractivity contribution is -0.145. The topological polar surface area (TPSA) is 112 Å². The Labute approximate surface area is 213 Å². The van der Waals surface area contributed by atoms with E-state index in [1.54, 1.807) is 23.1 Å². The summed E-state index contributed by atoms with van der Waals surface area (Å²) in [6, 6.07) is 16.9. The van der Waals surface area contributed by atoms with Crippen LogP contribution in [0, 0.1) is 17.8 Å². The first-order chi connectivity index (χ1) is 18.0. The summed E-state index contributed by atoms with van der Waals surface area (Å²) in [6.45, 7) is 4.27. The number of H-pyrrole nitrogens is 1. The minimum absolute atomic E-state index is 0.0365. The Balaban J connectivity index is 1.09. The van der Waals surface area contributed by atoms with E-state index in [-0.39, 0.29) is 36.1 Å². The summed E-state index contributed by atoms with van der Waals surface area (Å²) in [6.07, 6.45) is 0. The first kappa shape index (κ1) is 22.2. The summed E-state index contributed by atoms with van der Waals surface area (Å²) in [5.41, 5.74) is 1.53. The molecule has 2 N–H and O–H groups in total. The zero-order valence-electron chi connectivity index (χ0n) is 20.4. The highest BCUT2D eigenvalue weighted by molar-refractivity contribution is 6.01. The Morgan fingerprint density at radius 1 is 0.973 bits per heavy atom. The fourth-order valence-electron chi connectivity index (χ4n) is 6.76. The molecule has 4 atom stereocenters. The minimum Gasteiger partial charge on any atom is -0.493 e. The van der Waals surface area contributed by atoms with Crippen LogP contribution in [0.15, 0.2) is 54.6 Å². The molecule has 1 aromatic heterocycles. The van der Waals surface area contributed by atoms with Crippen molar-refractivity contribution in [1.82, 2.24) is 25.2 Å². The van der Waals surface area contributed by atoms with Crippen molar-refractivity contribution in [2.75, 3.05) is 32.8 Å². The van der Waals surface area contributed by atoms with Gasteiger partial charge in [0.25, 0.3) is 11.8 Å². The van der Waals surface area contributed by atoms with Gasteiger partial charge in [0.15, 0.2) is 0 Å². The molecule has 2 amide bonds. The molecule has 1 aliphatic carbocycles. The summed E-state index contributed by atoms with van der Waals surface area (Å²) in [7, 11) is 0. The number of likely N-dealkylation sites (tertiary alicyclic amines) is 2. The molecule has 37 heavy (non-hydrogen) atoms. The lowest BCUT2D eigenvalue weighted by Gasteiger charge is -2.50. The number of fused-ring (bicyclic) bond motifs is 6. The molecule has 7 rings (SSSR count). The highest BCUT2D eigenvalue weighted by atomic mass is 16.5. The predicted molar refractivity (Wildman–Crippen MR) is 136 cm³/mol. The quantitative estimate of drug-likeness (QED) is 0.449. The molecule has 3 fully saturated rings. The van der Waals surface area contributed by atoms with Gasteiger partial charge in [-0.25, -0.2) is 0 Å². The minimum atomic E-state index is -0.967. The molecule has 0 bridgehead atoms. The molecule has 9 heteroatoms. The number of β-amino-alcohol motifs (C(OH)–C–C–N with tert-alkyl or cyclic N) is 1. The van der Waals surface area contributed by atoms with E-state index < -0.39 is 5.60 Å². The molecular weight excluding hydrogens is 470 g/mol. The lowest BCUT2D eigenvalue weighted by atomic mass is 9.56. The highest BCUT2D eigenvalue weighted by Gasteiger charge is 2.68. The highest BCUT2D eigenvalue weighted by Crippen LogP contribution is 2.57. The zero-order chi connectivity index (χ0) is 25.3. The Bertz CT molecular complexity index is 1570. The third-order valence-electron chi connectivity index (χ3n) is 8.54. The van der Waals surface area contributed by atoms with Crippen molar-refractivity contribution in [1.29, 1.82) is 0 Å². The van der Waals surface area contributed by atoms with Crippen molar-refractivity contribution >= 4 is 33.6 Å². The van der Waals surface area contributed by atoms with Crippen molar-refractivity contribution in [3.05, 3.63) is 65.7 Å². The second-order valence-corrected chi connectivity index (χ2v) is 10.4. The van der Waals surface area contributed by atoms with Gasteiger partial charge >= 0.3 is 0 Å². The number of carbonyl (C=O) groups is 2. The Kier molecular flexibility index (Phi) is 4.81. The maximum Gasteiger partial charge on any atom is 0.254 e. The van der Waals surface area contributed by atoms with Gasteiger partial charge in [0.1, 0.15) is 16.8 Å². The summed E-state index contributed by atoms with van der Waals surface area (Å²) in [4.78, 5) is 30.4. The molecular formula is C28H27N5O4. The van der Waals surface area contributed by atoms with Crippen LogP contribution >= 0.6 is 0 Å². The number of hydrogen-bond acceptors (Lipinski definition) is 6. The van der Waals surface area contributed by atoms with Crippen LogP contribution in [0.3, 0.4) is 0 Å². The molecule has 0 radical (unpaired) electrons. The third kappa shape index (κ3) is 3.26. The molecule has 4 aromatic rings. The normalized spacial score (nSPS) is 26.3. The number of rotatable bonds is 4. The second kappa shape index (κ2) is 8.01. The van der Waals surface area contributed by atoms with Crippen LogP contribution in [0.4, 0.5) is 0 Å². The zero-order valence-corrected chi connectivity index (χ0v) is 20.4. The molecule has 3 heterocycles. The molecule has 0 spiro atoms. The maximum absolute atomic E-state index is 13.6. The number of aliphatic hydroxyl groups is 1. The molecule has 2 unspecified atom stereocenters. The second-order valence-electron chi connectivity index (χ2n) is 10.4. The maximum atomic E-state index is 13.6. The average Bonchev–Trinajstić information content (AvgIpc) is 3.62. The fraction of sp³-hybridized carbons (Fsp3) is 0.357. The fourth-order valence-corrected chi connectivity index (χ4v) is 6.76. The number of hydrogen-bond donors (Lipinski definition) is 2.